The van der Waals surface area contributed by atoms with Crippen molar-refractivity contribution in [3.05, 3.63) is 77.3 Å². The van der Waals surface area contributed by atoms with Gasteiger partial charge in [0.1, 0.15) is 6.04 Å². The van der Waals surface area contributed by atoms with Gasteiger partial charge in [-0.25, -0.2) is 0 Å². The summed E-state index contributed by atoms with van der Waals surface area (Å²) < 4.78 is 5.75. The first-order valence-corrected chi connectivity index (χ1v) is 9.74. The van der Waals surface area contributed by atoms with Crippen molar-refractivity contribution < 1.29 is 14.0 Å². The van der Waals surface area contributed by atoms with Crippen LogP contribution in [0.1, 0.15) is 43.7 Å². The lowest BCUT2D eigenvalue weighted by Gasteiger charge is -2.32. The van der Waals surface area contributed by atoms with Gasteiger partial charge in [-0.3, -0.25) is 9.59 Å². The first-order chi connectivity index (χ1) is 13.8. The van der Waals surface area contributed by atoms with E-state index in [0.717, 1.165) is 5.56 Å². The van der Waals surface area contributed by atoms with Crippen LogP contribution in [0.25, 0.3) is 5.70 Å². The van der Waals surface area contributed by atoms with Gasteiger partial charge in [0.2, 0.25) is 5.91 Å². The van der Waals surface area contributed by atoms with Crippen molar-refractivity contribution in [3.8, 4) is 0 Å². The minimum absolute atomic E-state index is 0.201. The van der Waals surface area contributed by atoms with Crippen LogP contribution in [0.4, 0.5) is 0 Å². The second-order valence-corrected chi connectivity index (χ2v) is 8.34. The molecule has 0 radical (unpaired) electrons. The van der Waals surface area contributed by atoms with E-state index in [9.17, 15) is 9.59 Å². The predicted molar refractivity (Wildman–Crippen MR) is 110 cm³/mol. The Kier molecular flexibility index (Phi) is 4.78. The number of nitrogens with zero attached hydrogens (tertiary/aromatic N) is 1. The van der Waals surface area contributed by atoms with Gasteiger partial charge in [0.05, 0.1) is 17.5 Å². The van der Waals surface area contributed by atoms with Crippen LogP contribution in [0.3, 0.4) is 0 Å². The summed E-state index contributed by atoms with van der Waals surface area (Å²) in [5, 5.41) is 6.28. The molecule has 2 amide bonds. The molecule has 0 aliphatic carbocycles. The van der Waals surface area contributed by atoms with E-state index in [0.29, 0.717) is 35.7 Å². The number of fused-ring (bicyclic) bond motifs is 2. The standard InChI is InChI=1S/C23H25N3O3/c1-23(2,3)25-21(27)19-17-11-13-29-20(17)18-16(10-7-12-24-18)22(28)26(19)14-15-8-5-4-6-9-15/h4-11,13,19,24H,12,14H2,1-3H3,(H,25,27). The largest absolute Gasteiger partial charge is 0.462 e. The van der Waals surface area contributed by atoms with Crippen molar-refractivity contribution in [2.24, 2.45) is 0 Å². The summed E-state index contributed by atoms with van der Waals surface area (Å²) in [7, 11) is 0. The zero-order valence-corrected chi connectivity index (χ0v) is 16.9. The Morgan fingerprint density at radius 3 is 2.72 bits per heavy atom. The van der Waals surface area contributed by atoms with Gasteiger partial charge < -0.3 is 20.0 Å². The summed E-state index contributed by atoms with van der Waals surface area (Å²) in [5.74, 6) is 0.114. The number of furan rings is 1. The Labute approximate surface area is 170 Å². The third-order valence-electron chi connectivity index (χ3n) is 4.91. The summed E-state index contributed by atoms with van der Waals surface area (Å²) in [6, 6.07) is 10.7. The molecule has 2 aromatic rings. The van der Waals surface area contributed by atoms with Crippen molar-refractivity contribution >= 4 is 17.5 Å². The van der Waals surface area contributed by atoms with Gasteiger partial charge >= 0.3 is 0 Å². The van der Waals surface area contributed by atoms with Crippen LogP contribution < -0.4 is 10.6 Å². The highest BCUT2D eigenvalue weighted by Crippen LogP contribution is 2.37. The number of dihydropyridines is 1. The Bertz CT molecular complexity index is 996. The fraction of sp³-hybridized carbons (Fsp3) is 0.304. The number of benzene rings is 1. The van der Waals surface area contributed by atoms with E-state index in [1.807, 2.05) is 63.3 Å². The Morgan fingerprint density at radius 2 is 2.00 bits per heavy atom. The monoisotopic (exact) mass is 391 g/mol. The molecule has 6 nitrogen and oxygen atoms in total. The molecule has 1 atom stereocenters. The normalized spacial score (nSPS) is 18.7. The molecule has 150 valence electrons. The van der Waals surface area contributed by atoms with E-state index < -0.39 is 11.6 Å². The number of amides is 2. The summed E-state index contributed by atoms with van der Waals surface area (Å²) in [4.78, 5) is 28.6. The highest BCUT2D eigenvalue weighted by Gasteiger charge is 2.41. The number of carbonyl (C=O) groups excluding carboxylic acids is 2. The second-order valence-electron chi connectivity index (χ2n) is 8.34. The van der Waals surface area contributed by atoms with Crippen LogP contribution in [0.15, 0.2) is 64.8 Å². The van der Waals surface area contributed by atoms with Crippen LogP contribution in [-0.4, -0.2) is 28.8 Å². The van der Waals surface area contributed by atoms with Crippen LogP contribution >= 0.6 is 0 Å². The molecule has 0 saturated heterocycles. The summed E-state index contributed by atoms with van der Waals surface area (Å²) >= 11 is 0. The predicted octanol–water partition coefficient (Wildman–Crippen LogP) is 3.15. The van der Waals surface area contributed by atoms with Crippen molar-refractivity contribution in [3.63, 3.8) is 0 Å². The molecule has 2 N–H and O–H groups in total. The molecule has 4 rings (SSSR count). The van der Waals surface area contributed by atoms with Gasteiger partial charge in [-0.15, -0.1) is 0 Å². The molecule has 0 spiro atoms. The maximum atomic E-state index is 13.6. The first-order valence-electron chi connectivity index (χ1n) is 9.74. The average Bonchev–Trinajstić information content (AvgIpc) is 3.12. The maximum absolute atomic E-state index is 13.6. The molecule has 1 unspecified atom stereocenters. The molecular weight excluding hydrogens is 366 g/mol. The number of hydrogen-bond donors (Lipinski definition) is 2. The van der Waals surface area contributed by atoms with E-state index in [-0.39, 0.29) is 11.8 Å². The third kappa shape index (κ3) is 3.70. The van der Waals surface area contributed by atoms with Crippen LogP contribution in [0.2, 0.25) is 0 Å². The zero-order chi connectivity index (χ0) is 20.6. The lowest BCUT2D eigenvalue weighted by atomic mass is 10.0. The van der Waals surface area contributed by atoms with E-state index >= 15 is 0 Å². The SMILES string of the molecule is CC(C)(C)NC(=O)C1c2ccoc2C2=C(C=CCN2)C(=O)N1Cc1ccccc1. The lowest BCUT2D eigenvalue weighted by Crippen LogP contribution is -2.49. The van der Waals surface area contributed by atoms with Crippen molar-refractivity contribution in [2.45, 2.75) is 38.9 Å². The molecule has 6 heteroatoms. The summed E-state index contributed by atoms with van der Waals surface area (Å²) in [6.07, 6.45) is 5.28. The van der Waals surface area contributed by atoms with Crippen molar-refractivity contribution in [1.29, 1.82) is 0 Å². The molecular formula is C23H25N3O3. The van der Waals surface area contributed by atoms with Gasteiger partial charge in [-0.1, -0.05) is 36.4 Å². The summed E-state index contributed by atoms with van der Waals surface area (Å²) in [5.41, 5.74) is 2.36. The van der Waals surface area contributed by atoms with Gasteiger partial charge in [-0.2, -0.15) is 0 Å². The Balaban J connectivity index is 1.84. The molecule has 29 heavy (non-hydrogen) atoms. The van der Waals surface area contributed by atoms with Crippen LogP contribution in [0, 0.1) is 0 Å². The van der Waals surface area contributed by atoms with E-state index in [1.165, 1.54) is 0 Å². The van der Waals surface area contributed by atoms with Gasteiger partial charge in [-0.05, 0) is 38.5 Å². The molecule has 0 saturated carbocycles. The fourth-order valence-electron chi connectivity index (χ4n) is 3.74. The zero-order valence-electron chi connectivity index (χ0n) is 16.9. The maximum Gasteiger partial charge on any atom is 0.257 e. The molecule has 0 fully saturated rings. The van der Waals surface area contributed by atoms with Crippen LogP contribution in [0.5, 0.6) is 0 Å². The Hall–Kier alpha value is -3.28. The van der Waals surface area contributed by atoms with E-state index in [2.05, 4.69) is 10.6 Å². The number of carbonyl (C=O) groups is 2. The van der Waals surface area contributed by atoms with Gasteiger partial charge in [0.25, 0.3) is 5.91 Å². The molecule has 1 aromatic heterocycles. The third-order valence-corrected chi connectivity index (χ3v) is 4.91. The first kappa shape index (κ1) is 19.1. The molecule has 3 heterocycles. The minimum atomic E-state index is -0.795. The summed E-state index contributed by atoms with van der Waals surface area (Å²) in [6.45, 7) is 6.69. The quantitative estimate of drug-likeness (QED) is 0.843. The topological polar surface area (TPSA) is 74.6 Å². The van der Waals surface area contributed by atoms with Gasteiger partial charge in [0, 0.05) is 24.2 Å². The van der Waals surface area contributed by atoms with Crippen molar-refractivity contribution in [2.75, 3.05) is 6.54 Å². The van der Waals surface area contributed by atoms with Crippen molar-refractivity contribution in [1.82, 2.24) is 15.5 Å². The Morgan fingerprint density at radius 1 is 1.24 bits per heavy atom. The molecule has 2 aliphatic heterocycles. The highest BCUT2D eigenvalue weighted by molar-refractivity contribution is 6.07. The number of rotatable bonds is 3. The molecule has 2 aliphatic rings. The number of nitrogens with one attached hydrogen (secondary N) is 2. The number of hydrogen-bond acceptors (Lipinski definition) is 4. The lowest BCUT2D eigenvalue weighted by molar-refractivity contribution is -0.139. The second kappa shape index (κ2) is 7.28. The van der Waals surface area contributed by atoms with Crippen LogP contribution in [-0.2, 0) is 16.1 Å². The fourth-order valence-corrected chi connectivity index (χ4v) is 3.74. The molecule has 1 aromatic carbocycles. The van der Waals surface area contributed by atoms with Gasteiger partial charge in [0.15, 0.2) is 5.76 Å². The smallest absolute Gasteiger partial charge is 0.257 e. The minimum Gasteiger partial charge on any atom is -0.462 e. The average molecular weight is 391 g/mol. The molecule has 0 bridgehead atoms. The van der Waals surface area contributed by atoms with E-state index in [1.54, 1.807) is 17.2 Å². The van der Waals surface area contributed by atoms with E-state index in [4.69, 9.17) is 4.42 Å². The highest BCUT2D eigenvalue weighted by atomic mass is 16.3.